The third kappa shape index (κ3) is 4.79. The van der Waals surface area contributed by atoms with Gasteiger partial charge in [0.25, 0.3) is 0 Å². The molecule has 0 unspecified atom stereocenters. The minimum absolute atomic E-state index is 0.0185. The Morgan fingerprint density at radius 1 is 1.64 bits per heavy atom. The number of hydrogen-bond donors (Lipinski definition) is 1. The summed E-state index contributed by atoms with van der Waals surface area (Å²) in [5.41, 5.74) is 4.98. The zero-order valence-electron chi connectivity index (χ0n) is 7.30. The van der Waals surface area contributed by atoms with E-state index in [0.717, 1.165) is 6.42 Å². The molecule has 2 N–H and O–H groups in total. The molecule has 1 aliphatic heterocycles. The molecule has 0 bridgehead atoms. The molecule has 3 nitrogen and oxygen atoms in total. The first-order valence-electron chi connectivity index (χ1n) is 4.09. The Kier molecular flexibility index (Phi) is 5.84. The molecular formula is C8H17NO2. The summed E-state index contributed by atoms with van der Waals surface area (Å²) in [7, 11) is 0. The predicted octanol–water partition coefficient (Wildman–Crippen LogP) is 0.925. The average molecular weight is 159 g/mol. The molecule has 0 spiro atoms. The van der Waals surface area contributed by atoms with Crippen LogP contribution in [0.5, 0.6) is 0 Å². The van der Waals surface area contributed by atoms with E-state index in [1.807, 2.05) is 0 Å². The quantitative estimate of drug-likeness (QED) is 0.618. The van der Waals surface area contributed by atoms with E-state index >= 15 is 0 Å². The molecule has 0 saturated carbocycles. The molecule has 11 heavy (non-hydrogen) atoms. The molecule has 0 aliphatic carbocycles. The van der Waals surface area contributed by atoms with Crippen LogP contribution in [0.4, 0.5) is 0 Å². The molecule has 1 atom stereocenters. The number of ether oxygens (including phenoxy) is 1. The van der Waals surface area contributed by atoms with E-state index in [0.29, 0.717) is 13.2 Å². The number of amides is 1. The second-order valence-corrected chi connectivity index (χ2v) is 2.67. The van der Waals surface area contributed by atoms with Crippen LogP contribution in [-0.2, 0) is 9.53 Å². The largest absolute Gasteiger partial charge is 0.381 e. The molecule has 1 aliphatic rings. The van der Waals surface area contributed by atoms with Crippen LogP contribution in [0.1, 0.15) is 26.7 Å². The molecule has 1 fully saturated rings. The molecule has 0 aromatic rings. The standard InChI is InChI=1S/C5H9NO2.C3H8/c6-5(7)4-1-2-8-3-4;1-3-2/h4H,1-3H2,(H2,6,7);3H2,1-2H3/t4-;/m1./s1. The SMILES string of the molecule is CCC.NC(=O)[C@@H]1CCOC1. The molecule has 3 heteroatoms. The highest BCUT2D eigenvalue weighted by molar-refractivity contribution is 5.76. The van der Waals surface area contributed by atoms with Gasteiger partial charge in [-0.05, 0) is 6.42 Å². The summed E-state index contributed by atoms with van der Waals surface area (Å²) in [6.07, 6.45) is 2.05. The summed E-state index contributed by atoms with van der Waals surface area (Å²) in [4.78, 5) is 10.3. The Bertz CT molecular complexity index is 109. The van der Waals surface area contributed by atoms with Crippen LogP contribution in [0.25, 0.3) is 0 Å². The van der Waals surface area contributed by atoms with E-state index in [2.05, 4.69) is 13.8 Å². The lowest BCUT2D eigenvalue weighted by atomic mass is 10.1. The van der Waals surface area contributed by atoms with Crippen molar-refractivity contribution in [2.45, 2.75) is 26.7 Å². The van der Waals surface area contributed by atoms with Crippen molar-refractivity contribution in [3.63, 3.8) is 0 Å². The van der Waals surface area contributed by atoms with Crippen LogP contribution in [-0.4, -0.2) is 19.1 Å². The summed E-state index contributed by atoms with van der Waals surface area (Å²) in [6.45, 7) is 5.46. The van der Waals surface area contributed by atoms with Crippen LogP contribution in [0.2, 0.25) is 0 Å². The van der Waals surface area contributed by atoms with Crippen molar-refractivity contribution in [1.82, 2.24) is 0 Å². The molecule has 1 heterocycles. The number of rotatable bonds is 1. The topological polar surface area (TPSA) is 52.3 Å². The molecule has 0 aromatic heterocycles. The number of carbonyl (C=O) groups excluding carboxylic acids is 1. The van der Waals surface area contributed by atoms with Crippen molar-refractivity contribution in [3.8, 4) is 0 Å². The fourth-order valence-corrected chi connectivity index (χ4v) is 0.759. The molecule has 0 radical (unpaired) electrons. The van der Waals surface area contributed by atoms with Crippen molar-refractivity contribution in [3.05, 3.63) is 0 Å². The highest BCUT2D eigenvalue weighted by Crippen LogP contribution is 2.10. The number of carbonyl (C=O) groups is 1. The summed E-state index contributed by atoms with van der Waals surface area (Å²) in [6, 6.07) is 0. The van der Waals surface area contributed by atoms with E-state index in [1.54, 1.807) is 0 Å². The monoisotopic (exact) mass is 159 g/mol. The van der Waals surface area contributed by atoms with Gasteiger partial charge in [0, 0.05) is 6.61 Å². The third-order valence-corrected chi connectivity index (χ3v) is 1.33. The lowest BCUT2D eigenvalue weighted by molar-refractivity contribution is -0.121. The van der Waals surface area contributed by atoms with Crippen molar-refractivity contribution in [1.29, 1.82) is 0 Å². The van der Waals surface area contributed by atoms with Gasteiger partial charge in [-0.25, -0.2) is 0 Å². The van der Waals surface area contributed by atoms with Gasteiger partial charge in [0.2, 0.25) is 5.91 Å². The molecule has 1 rings (SSSR count). The Balaban J connectivity index is 0.000000292. The summed E-state index contributed by atoms with van der Waals surface area (Å²) in [5.74, 6) is -0.252. The Hall–Kier alpha value is -0.570. The third-order valence-electron chi connectivity index (χ3n) is 1.33. The lowest BCUT2D eigenvalue weighted by Gasteiger charge is -1.96. The Labute approximate surface area is 67.9 Å². The van der Waals surface area contributed by atoms with E-state index in [1.165, 1.54) is 6.42 Å². The first-order valence-corrected chi connectivity index (χ1v) is 4.09. The number of nitrogens with two attached hydrogens (primary N) is 1. The molecular weight excluding hydrogens is 142 g/mol. The molecule has 1 saturated heterocycles. The van der Waals surface area contributed by atoms with Gasteiger partial charge in [0.15, 0.2) is 0 Å². The zero-order valence-corrected chi connectivity index (χ0v) is 7.30. The molecule has 0 aromatic carbocycles. The van der Waals surface area contributed by atoms with Gasteiger partial charge in [-0.3, -0.25) is 4.79 Å². The van der Waals surface area contributed by atoms with Crippen LogP contribution in [0, 0.1) is 5.92 Å². The zero-order chi connectivity index (χ0) is 8.69. The Morgan fingerprint density at radius 2 is 2.18 bits per heavy atom. The summed E-state index contributed by atoms with van der Waals surface area (Å²) < 4.78 is 4.92. The maximum atomic E-state index is 10.3. The van der Waals surface area contributed by atoms with Gasteiger partial charge in [-0.1, -0.05) is 20.3 Å². The molecule has 1 amide bonds. The number of primary amides is 1. The van der Waals surface area contributed by atoms with Gasteiger partial charge in [-0.2, -0.15) is 0 Å². The summed E-state index contributed by atoms with van der Waals surface area (Å²) in [5, 5.41) is 0. The van der Waals surface area contributed by atoms with Crippen molar-refractivity contribution < 1.29 is 9.53 Å². The maximum Gasteiger partial charge on any atom is 0.222 e. The number of hydrogen-bond acceptors (Lipinski definition) is 2. The first kappa shape index (κ1) is 10.4. The predicted molar refractivity (Wildman–Crippen MR) is 44.1 cm³/mol. The summed E-state index contributed by atoms with van der Waals surface area (Å²) >= 11 is 0. The highest BCUT2D eigenvalue weighted by atomic mass is 16.5. The minimum Gasteiger partial charge on any atom is -0.381 e. The fourth-order valence-electron chi connectivity index (χ4n) is 0.759. The van der Waals surface area contributed by atoms with Crippen molar-refractivity contribution in [2.75, 3.05) is 13.2 Å². The van der Waals surface area contributed by atoms with Crippen LogP contribution in [0.15, 0.2) is 0 Å². The minimum atomic E-state index is -0.234. The molecule has 66 valence electrons. The highest BCUT2D eigenvalue weighted by Gasteiger charge is 2.20. The smallest absolute Gasteiger partial charge is 0.222 e. The van der Waals surface area contributed by atoms with E-state index < -0.39 is 0 Å². The van der Waals surface area contributed by atoms with Gasteiger partial charge in [0.1, 0.15) is 0 Å². The lowest BCUT2D eigenvalue weighted by Crippen LogP contribution is -2.22. The van der Waals surface area contributed by atoms with E-state index in [9.17, 15) is 4.79 Å². The van der Waals surface area contributed by atoms with Gasteiger partial charge >= 0.3 is 0 Å². The second kappa shape index (κ2) is 6.16. The van der Waals surface area contributed by atoms with Crippen LogP contribution < -0.4 is 5.73 Å². The van der Waals surface area contributed by atoms with Crippen molar-refractivity contribution >= 4 is 5.91 Å². The fraction of sp³-hybridized carbons (Fsp3) is 0.875. The second-order valence-electron chi connectivity index (χ2n) is 2.67. The van der Waals surface area contributed by atoms with Gasteiger partial charge in [0.05, 0.1) is 12.5 Å². The van der Waals surface area contributed by atoms with E-state index in [4.69, 9.17) is 10.5 Å². The maximum absolute atomic E-state index is 10.3. The van der Waals surface area contributed by atoms with Gasteiger partial charge in [-0.15, -0.1) is 0 Å². The average Bonchev–Trinajstić information content (AvgIpc) is 2.38. The first-order chi connectivity index (χ1) is 5.22. The van der Waals surface area contributed by atoms with Crippen LogP contribution in [0.3, 0.4) is 0 Å². The van der Waals surface area contributed by atoms with E-state index in [-0.39, 0.29) is 11.8 Å². The normalized spacial score (nSPS) is 22.2. The van der Waals surface area contributed by atoms with Crippen molar-refractivity contribution in [2.24, 2.45) is 11.7 Å². The Morgan fingerprint density at radius 3 is 2.36 bits per heavy atom. The van der Waals surface area contributed by atoms with Crippen LogP contribution >= 0.6 is 0 Å². The van der Waals surface area contributed by atoms with Gasteiger partial charge < -0.3 is 10.5 Å².